The standard InChI is InChI=1S/C6H13N.C3H8/c1-5(2)6-3-7-4-6;1-3-2/h5-7H,3-4H2,1-2H3;3H2,1-2H3. The molecule has 0 saturated carbocycles. The predicted molar refractivity (Wildman–Crippen MR) is 47.2 cm³/mol. The van der Waals surface area contributed by atoms with Crippen molar-refractivity contribution in [1.29, 1.82) is 0 Å². The fraction of sp³-hybridized carbons (Fsp3) is 1.00. The molecule has 0 amide bonds. The second-order valence-corrected chi connectivity index (χ2v) is 3.37. The van der Waals surface area contributed by atoms with Crippen LogP contribution in [0.1, 0.15) is 34.1 Å². The molecule has 1 rings (SSSR count). The summed E-state index contributed by atoms with van der Waals surface area (Å²) in [6.07, 6.45) is 1.25. The lowest BCUT2D eigenvalue weighted by Gasteiger charge is -2.30. The van der Waals surface area contributed by atoms with Gasteiger partial charge in [-0.25, -0.2) is 0 Å². The number of hydrogen-bond acceptors (Lipinski definition) is 1. The Kier molecular flexibility index (Phi) is 5.70. The summed E-state index contributed by atoms with van der Waals surface area (Å²) in [5.41, 5.74) is 0. The van der Waals surface area contributed by atoms with E-state index in [1.165, 1.54) is 19.5 Å². The van der Waals surface area contributed by atoms with E-state index in [1.807, 2.05) is 0 Å². The van der Waals surface area contributed by atoms with E-state index >= 15 is 0 Å². The third-order valence-electron chi connectivity index (χ3n) is 1.76. The highest BCUT2D eigenvalue weighted by atomic mass is 14.9. The van der Waals surface area contributed by atoms with Gasteiger partial charge < -0.3 is 5.32 Å². The van der Waals surface area contributed by atoms with Crippen LogP contribution in [0.5, 0.6) is 0 Å². The molecular formula is C9H21N. The Hall–Kier alpha value is -0.0400. The first-order valence-electron chi connectivity index (χ1n) is 4.43. The van der Waals surface area contributed by atoms with Crippen LogP contribution >= 0.6 is 0 Å². The van der Waals surface area contributed by atoms with Gasteiger partial charge in [0.1, 0.15) is 0 Å². The normalized spacial score (nSPS) is 17.7. The smallest absolute Gasteiger partial charge is 0.000580 e. The molecule has 0 spiro atoms. The van der Waals surface area contributed by atoms with Gasteiger partial charge in [-0.15, -0.1) is 0 Å². The average Bonchev–Trinajstić information content (AvgIpc) is 1.59. The van der Waals surface area contributed by atoms with Crippen molar-refractivity contribution >= 4 is 0 Å². The van der Waals surface area contributed by atoms with E-state index in [4.69, 9.17) is 0 Å². The van der Waals surface area contributed by atoms with Crippen LogP contribution in [0.25, 0.3) is 0 Å². The first-order valence-corrected chi connectivity index (χ1v) is 4.43. The van der Waals surface area contributed by atoms with Crippen molar-refractivity contribution in [2.45, 2.75) is 34.1 Å². The molecule has 0 aromatic carbocycles. The Morgan fingerprint density at radius 1 is 1.30 bits per heavy atom. The van der Waals surface area contributed by atoms with Crippen LogP contribution < -0.4 is 5.32 Å². The van der Waals surface area contributed by atoms with Crippen LogP contribution in [0.4, 0.5) is 0 Å². The zero-order chi connectivity index (χ0) is 7.98. The monoisotopic (exact) mass is 143 g/mol. The molecule has 1 aliphatic rings. The molecule has 0 aromatic heterocycles. The SMILES string of the molecule is CC(C)C1CNC1.CCC. The molecule has 1 saturated heterocycles. The largest absolute Gasteiger partial charge is 0.316 e. The maximum atomic E-state index is 3.24. The summed E-state index contributed by atoms with van der Waals surface area (Å²) in [6.45, 7) is 11.3. The van der Waals surface area contributed by atoms with E-state index in [9.17, 15) is 0 Å². The lowest BCUT2D eigenvalue weighted by Crippen LogP contribution is -2.44. The average molecular weight is 143 g/mol. The molecule has 0 aliphatic carbocycles. The zero-order valence-electron chi connectivity index (χ0n) is 7.78. The first kappa shape index (κ1) is 9.96. The van der Waals surface area contributed by atoms with Crippen molar-refractivity contribution in [3.8, 4) is 0 Å². The molecular weight excluding hydrogens is 122 g/mol. The van der Waals surface area contributed by atoms with E-state index in [1.54, 1.807) is 0 Å². The van der Waals surface area contributed by atoms with E-state index in [2.05, 4.69) is 33.0 Å². The fourth-order valence-corrected chi connectivity index (χ4v) is 0.782. The molecule has 0 aromatic rings. The molecule has 1 heteroatoms. The van der Waals surface area contributed by atoms with Crippen LogP contribution in [-0.2, 0) is 0 Å². The summed E-state index contributed by atoms with van der Waals surface area (Å²) in [4.78, 5) is 0. The summed E-state index contributed by atoms with van der Waals surface area (Å²) in [7, 11) is 0. The maximum absolute atomic E-state index is 3.24. The Morgan fingerprint density at radius 3 is 1.70 bits per heavy atom. The zero-order valence-corrected chi connectivity index (χ0v) is 7.78. The second-order valence-electron chi connectivity index (χ2n) is 3.37. The lowest BCUT2D eigenvalue weighted by atomic mass is 9.91. The third kappa shape index (κ3) is 3.89. The summed E-state index contributed by atoms with van der Waals surface area (Å²) in [5, 5.41) is 3.24. The lowest BCUT2D eigenvalue weighted by molar-refractivity contribution is 0.265. The van der Waals surface area contributed by atoms with E-state index in [0.29, 0.717) is 0 Å². The molecule has 0 bridgehead atoms. The van der Waals surface area contributed by atoms with Gasteiger partial charge in [0, 0.05) is 0 Å². The van der Waals surface area contributed by atoms with Gasteiger partial charge >= 0.3 is 0 Å². The minimum Gasteiger partial charge on any atom is -0.316 e. The number of nitrogens with one attached hydrogen (secondary N) is 1. The minimum atomic E-state index is 0.890. The molecule has 1 aliphatic heterocycles. The van der Waals surface area contributed by atoms with Crippen LogP contribution in [0.2, 0.25) is 0 Å². The summed E-state index contributed by atoms with van der Waals surface area (Å²) in [6, 6.07) is 0. The van der Waals surface area contributed by atoms with Crippen molar-refractivity contribution in [2.75, 3.05) is 13.1 Å². The molecule has 0 unspecified atom stereocenters. The van der Waals surface area contributed by atoms with Gasteiger partial charge in [-0.2, -0.15) is 0 Å². The van der Waals surface area contributed by atoms with Crippen molar-refractivity contribution in [3.05, 3.63) is 0 Å². The molecule has 62 valence electrons. The first-order chi connectivity index (χ1) is 4.72. The van der Waals surface area contributed by atoms with Crippen molar-refractivity contribution < 1.29 is 0 Å². The van der Waals surface area contributed by atoms with E-state index in [-0.39, 0.29) is 0 Å². The van der Waals surface area contributed by atoms with Crippen molar-refractivity contribution in [2.24, 2.45) is 11.8 Å². The highest BCUT2D eigenvalue weighted by Gasteiger charge is 2.19. The quantitative estimate of drug-likeness (QED) is 0.594. The molecule has 0 radical (unpaired) electrons. The van der Waals surface area contributed by atoms with Gasteiger partial charge in [0.15, 0.2) is 0 Å². The number of hydrogen-bond donors (Lipinski definition) is 1. The van der Waals surface area contributed by atoms with Crippen molar-refractivity contribution in [3.63, 3.8) is 0 Å². The molecule has 1 fully saturated rings. The Labute approximate surface area is 65.2 Å². The number of rotatable bonds is 1. The van der Waals surface area contributed by atoms with Crippen molar-refractivity contribution in [1.82, 2.24) is 5.32 Å². The highest BCUT2D eigenvalue weighted by molar-refractivity contribution is 4.76. The summed E-state index contributed by atoms with van der Waals surface area (Å²) in [5.74, 6) is 1.86. The summed E-state index contributed by atoms with van der Waals surface area (Å²) < 4.78 is 0. The molecule has 1 heterocycles. The van der Waals surface area contributed by atoms with Gasteiger partial charge in [0.2, 0.25) is 0 Å². The Balaban J connectivity index is 0.000000236. The highest BCUT2D eigenvalue weighted by Crippen LogP contribution is 2.13. The van der Waals surface area contributed by atoms with Crippen LogP contribution in [-0.4, -0.2) is 13.1 Å². The minimum absolute atomic E-state index is 0.890. The van der Waals surface area contributed by atoms with Gasteiger partial charge in [-0.1, -0.05) is 34.1 Å². The fourth-order valence-electron chi connectivity index (χ4n) is 0.782. The van der Waals surface area contributed by atoms with E-state index < -0.39 is 0 Å². The van der Waals surface area contributed by atoms with Crippen LogP contribution in [0.3, 0.4) is 0 Å². The van der Waals surface area contributed by atoms with Crippen LogP contribution in [0.15, 0.2) is 0 Å². The Morgan fingerprint density at radius 2 is 1.70 bits per heavy atom. The molecule has 10 heavy (non-hydrogen) atoms. The Bertz CT molecular complexity index is 65.1. The van der Waals surface area contributed by atoms with E-state index in [0.717, 1.165) is 11.8 Å². The van der Waals surface area contributed by atoms with Gasteiger partial charge in [-0.3, -0.25) is 0 Å². The molecule has 1 N–H and O–H groups in total. The van der Waals surface area contributed by atoms with Crippen LogP contribution in [0, 0.1) is 11.8 Å². The molecule has 0 atom stereocenters. The van der Waals surface area contributed by atoms with Gasteiger partial charge in [0.05, 0.1) is 0 Å². The summed E-state index contributed by atoms with van der Waals surface area (Å²) >= 11 is 0. The maximum Gasteiger partial charge on any atom is -0.000580 e. The predicted octanol–water partition coefficient (Wildman–Crippen LogP) is 2.28. The molecule has 1 nitrogen and oxygen atoms in total. The second kappa shape index (κ2) is 5.72. The third-order valence-corrected chi connectivity index (χ3v) is 1.76. The van der Waals surface area contributed by atoms with Gasteiger partial charge in [0.25, 0.3) is 0 Å². The topological polar surface area (TPSA) is 12.0 Å². The van der Waals surface area contributed by atoms with Gasteiger partial charge in [-0.05, 0) is 24.9 Å².